The van der Waals surface area contributed by atoms with E-state index in [1.54, 1.807) is 6.20 Å². The Morgan fingerprint density at radius 3 is 3.00 bits per heavy atom. The lowest BCUT2D eigenvalue weighted by Gasteiger charge is -2.29. The van der Waals surface area contributed by atoms with Crippen molar-refractivity contribution in [2.24, 2.45) is 5.84 Å². The third-order valence-corrected chi connectivity index (χ3v) is 4.03. The van der Waals surface area contributed by atoms with Gasteiger partial charge in [0.2, 0.25) is 0 Å². The number of fused-ring (bicyclic) bond motifs is 1. The molecule has 0 bridgehead atoms. The fourth-order valence-corrected chi connectivity index (χ4v) is 2.94. The Balaban J connectivity index is 1.70. The molecule has 1 aliphatic heterocycles. The number of aromatic nitrogens is 1. The Hall–Kier alpha value is -1.75. The Morgan fingerprint density at radius 2 is 2.19 bits per heavy atom. The number of ether oxygens (including phenoxy) is 1. The molecule has 110 valence electrons. The maximum atomic E-state index is 5.96. The van der Waals surface area contributed by atoms with Crippen LogP contribution in [0.2, 0.25) is 0 Å². The fourth-order valence-electron chi connectivity index (χ4n) is 2.94. The summed E-state index contributed by atoms with van der Waals surface area (Å²) in [5.74, 6) is 5.73. The van der Waals surface area contributed by atoms with Crippen molar-refractivity contribution in [1.29, 1.82) is 0 Å². The van der Waals surface area contributed by atoms with Crippen molar-refractivity contribution in [2.45, 2.75) is 31.4 Å². The number of hydrogen-bond acceptors (Lipinski definition) is 4. The van der Waals surface area contributed by atoms with Crippen LogP contribution in [0.5, 0.6) is 0 Å². The second kappa shape index (κ2) is 6.80. The summed E-state index contributed by atoms with van der Waals surface area (Å²) in [5, 5.41) is 0. The number of hydrazine groups is 1. The molecule has 4 heteroatoms. The van der Waals surface area contributed by atoms with Gasteiger partial charge in [0.05, 0.1) is 12.7 Å². The van der Waals surface area contributed by atoms with Gasteiger partial charge in [-0.1, -0.05) is 30.3 Å². The quantitative estimate of drug-likeness (QED) is 0.652. The van der Waals surface area contributed by atoms with E-state index < -0.39 is 0 Å². The van der Waals surface area contributed by atoms with Crippen LogP contribution in [0.1, 0.15) is 29.2 Å². The van der Waals surface area contributed by atoms with Crippen LogP contribution in [-0.4, -0.2) is 17.6 Å². The lowest BCUT2D eigenvalue weighted by atomic mass is 9.92. The zero-order valence-electron chi connectivity index (χ0n) is 12.0. The molecular formula is C17H21N3O. The van der Waals surface area contributed by atoms with Gasteiger partial charge in [0.15, 0.2) is 0 Å². The van der Waals surface area contributed by atoms with Crippen LogP contribution >= 0.6 is 0 Å². The van der Waals surface area contributed by atoms with Crippen molar-refractivity contribution in [3.63, 3.8) is 0 Å². The van der Waals surface area contributed by atoms with Crippen LogP contribution < -0.4 is 11.3 Å². The number of pyridine rings is 1. The van der Waals surface area contributed by atoms with Gasteiger partial charge in [0.1, 0.15) is 0 Å². The Morgan fingerprint density at radius 1 is 1.29 bits per heavy atom. The van der Waals surface area contributed by atoms with E-state index in [0.29, 0.717) is 0 Å². The van der Waals surface area contributed by atoms with Crippen LogP contribution in [0.3, 0.4) is 0 Å². The molecule has 1 aromatic heterocycles. The summed E-state index contributed by atoms with van der Waals surface area (Å²) < 4.78 is 5.96. The molecule has 0 spiro atoms. The fraction of sp³-hybridized carbons (Fsp3) is 0.353. The highest BCUT2D eigenvalue weighted by Gasteiger charge is 2.23. The molecule has 1 aliphatic rings. The van der Waals surface area contributed by atoms with Gasteiger partial charge < -0.3 is 4.74 Å². The Kier molecular flexibility index (Phi) is 4.60. The molecule has 0 saturated heterocycles. The van der Waals surface area contributed by atoms with Crippen LogP contribution in [-0.2, 0) is 17.6 Å². The van der Waals surface area contributed by atoms with E-state index in [0.717, 1.165) is 25.9 Å². The van der Waals surface area contributed by atoms with E-state index in [1.807, 2.05) is 12.3 Å². The first-order chi connectivity index (χ1) is 10.4. The predicted octanol–water partition coefficient (Wildman–Crippen LogP) is 2.16. The molecule has 4 nitrogen and oxygen atoms in total. The lowest BCUT2D eigenvalue weighted by Crippen LogP contribution is -2.38. The zero-order chi connectivity index (χ0) is 14.5. The third kappa shape index (κ3) is 3.47. The van der Waals surface area contributed by atoms with Crippen molar-refractivity contribution >= 4 is 0 Å². The molecule has 0 radical (unpaired) electrons. The van der Waals surface area contributed by atoms with Crippen LogP contribution in [0.4, 0.5) is 0 Å². The van der Waals surface area contributed by atoms with Crippen molar-refractivity contribution < 1.29 is 4.74 Å². The second-order valence-electron chi connectivity index (χ2n) is 5.47. The standard InChI is InChI=1S/C17H21N3O/c18-20-15(10-13-4-3-8-19-12-13)11-17-16-6-2-1-5-14(16)7-9-21-17/h1-6,8,12,15,17,20H,7,9-11,18H2. The highest BCUT2D eigenvalue weighted by Crippen LogP contribution is 2.30. The highest BCUT2D eigenvalue weighted by atomic mass is 16.5. The first-order valence-corrected chi connectivity index (χ1v) is 7.41. The Labute approximate surface area is 125 Å². The van der Waals surface area contributed by atoms with Gasteiger partial charge in [-0.3, -0.25) is 16.3 Å². The van der Waals surface area contributed by atoms with Crippen molar-refractivity contribution in [2.75, 3.05) is 6.61 Å². The number of nitrogens with zero attached hydrogens (tertiary/aromatic N) is 1. The van der Waals surface area contributed by atoms with E-state index in [-0.39, 0.29) is 12.1 Å². The average Bonchev–Trinajstić information content (AvgIpc) is 2.55. The van der Waals surface area contributed by atoms with Gasteiger partial charge in [-0.2, -0.15) is 0 Å². The molecule has 2 atom stereocenters. The average molecular weight is 283 g/mol. The van der Waals surface area contributed by atoms with Crippen LogP contribution in [0.25, 0.3) is 0 Å². The first-order valence-electron chi connectivity index (χ1n) is 7.41. The minimum atomic E-state index is 0.118. The smallest absolute Gasteiger partial charge is 0.0843 e. The molecule has 0 fully saturated rings. The van der Waals surface area contributed by atoms with Gasteiger partial charge in [0.25, 0.3) is 0 Å². The van der Waals surface area contributed by atoms with E-state index >= 15 is 0 Å². The van der Waals surface area contributed by atoms with Crippen LogP contribution in [0.15, 0.2) is 48.8 Å². The van der Waals surface area contributed by atoms with Gasteiger partial charge >= 0.3 is 0 Å². The molecule has 2 heterocycles. The molecular weight excluding hydrogens is 262 g/mol. The van der Waals surface area contributed by atoms with Crippen molar-refractivity contribution in [3.05, 3.63) is 65.5 Å². The van der Waals surface area contributed by atoms with Gasteiger partial charge in [-0.05, 0) is 42.0 Å². The topological polar surface area (TPSA) is 60.2 Å². The van der Waals surface area contributed by atoms with Gasteiger partial charge in [-0.25, -0.2) is 0 Å². The number of benzene rings is 1. The van der Waals surface area contributed by atoms with Crippen molar-refractivity contribution in [3.8, 4) is 0 Å². The minimum Gasteiger partial charge on any atom is -0.373 e. The highest BCUT2D eigenvalue weighted by molar-refractivity contribution is 5.31. The summed E-state index contributed by atoms with van der Waals surface area (Å²) in [6.07, 6.45) is 6.51. The Bertz CT molecular complexity index is 573. The summed E-state index contributed by atoms with van der Waals surface area (Å²) >= 11 is 0. The normalized spacial score (nSPS) is 19.0. The summed E-state index contributed by atoms with van der Waals surface area (Å²) in [5.41, 5.74) is 6.80. The molecule has 1 aromatic carbocycles. The lowest BCUT2D eigenvalue weighted by molar-refractivity contribution is 0.0294. The predicted molar refractivity (Wildman–Crippen MR) is 82.5 cm³/mol. The zero-order valence-corrected chi connectivity index (χ0v) is 12.0. The summed E-state index contributed by atoms with van der Waals surface area (Å²) in [6.45, 7) is 0.784. The second-order valence-corrected chi connectivity index (χ2v) is 5.47. The minimum absolute atomic E-state index is 0.118. The van der Waals surface area contributed by atoms with E-state index in [4.69, 9.17) is 10.6 Å². The van der Waals surface area contributed by atoms with E-state index in [2.05, 4.69) is 40.7 Å². The largest absolute Gasteiger partial charge is 0.373 e. The van der Waals surface area contributed by atoms with Gasteiger partial charge in [0, 0.05) is 18.4 Å². The van der Waals surface area contributed by atoms with E-state index in [1.165, 1.54) is 16.7 Å². The molecule has 3 N–H and O–H groups in total. The number of hydrogen-bond donors (Lipinski definition) is 2. The number of nitrogens with two attached hydrogens (primary N) is 1. The molecule has 3 rings (SSSR count). The van der Waals surface area contributed by atoms with Crippen LogP contribution in [0, 0.1) is 0 Å². The molecule has 2 aromatic rings. The molecule has 0 saturated carbocycles. The molecule has 2 unspecified atom stereocenters. The summed E-state index contributed by atoms with van der Waals surface area (Å²) in [6, 6.07) is 12.7. The SMILES string of the molecule is NNC(Cc1cccnc1)CC1OCCc2ccccc21. The maximum Gasteiger partial charge on any atom is 0.0843 e. The number of rotatable bonds is 5. The molecule has 0 aliphatic carbocycles. The monoisotopic (exact) mass is 283 g/mol. The molecule has 0 amide bonds. The van der Waals surface area contributed by atoms with Crippen molar-refractivity contribution in [1.82, 2.24) is 10.4 Å². The summed E-state index contributed by atoms with van der Waals surface area (Å²) in [4.78, 5) is 4.15. The third-order valence-electron chi connectivity index (χ3n) is 4.03. The van der Waals surface area contributed by atoms with Gasteiger partial charge in [-0.15, -0.1) is 0 Å². The van der Waals surface area contributed by atoms with E-state index in [9.17, 15) is 0 Å². The number of nitrogens with one attached hydrogen (secondary N) is 1. The maximum absolute atomic E-state index is 5.96. The summed E-state index contributed by atoms with van der Waals surface area (Å²) in [7, 11) is 0. The first kappa shape index (κ1) is 14.2. The molecule has 21 heavy (non-hydrogen) atoms.